The molecular formula is C16H19FN6. The molecule has 0 bridgehead atoms. The van der Waals surface area contributed by atoms with E-state index in [0.717, 1.165) is 0 Å². The van der Waals surface area contributed by atoms with E-state index in [4.69, 9.17) is 11.5 Å². The van der Waals surface area contributed by atoms with E-state index in [-0.39, 0.29) is 11.1 Å². The molecule has 3 aromatic rings. The number of anilines is 2. The standard InChI is InChI=1S/C16H19FN6/c1-16(2,3)7-23-15-12(14(19)20-8-21-15)13(22-23)9-4-5-11(18)10(17)6-9/h4-6,8H,7,18H2,1-3H3,(H2,19,20,21). The molecule has 0 atom stereocenters. The third-order valence-corrected chi connectivity index (χ3v) is 3.46. The Labute approximate surface area is 133 Å². The Bertz CT molecular complexity index is 878. The molecule has 0 unspecified atom stereocenters. The number of fused-ring (bicyclic) bond motifs is 1. The Morgan fingerprint density at radius 1 is 1.17 bits per heavy atom. The van der Waals surface area contributed by atoms with Crippen molar-refractivity contribution in [1.82, 2.24) is 19.7 Å². The summed E-state index contributed by atoms with van der Waals surface area (Å²) in [6.07, 6.45) is 1.41. The van der Waals surface area contributed by atoms with Gasteiger partial charge in [-0.2, -0.15) is 5.10 Å². The lowest BCUT2D eigenvalue weighted by Gasteiger charge is -2.18. The van der Waals surface area contributed by atoms with E-state index in [0.29, 0.717) is 34.7 Å². The number of nitrogens with zero attached hydrogens (tertiary/aromatic N) is 4. The van der Waals surface area contributed by atoms with Gasteiger partial charge >= 0.3 is 0 Å². The van der Waals surface area contributed by atoms with Gasteiger partial charge in [0.05, 0.1) is 11.1 Å². The van der Waals surface area contributed by atoms with Crippen LogP contribution in [0.25, 0.3) is 22.3 Å². The minimum atomic E-state index is -0.489. The first-order valence-corrected chi connectivity index (χ1v) is 7.28. The topological polar surface area (TPSA) is 95.6 Å². The molecule has 0 amide bonds. The summed E-state index contributed by atoms with van der Waals surface area (Å²) in [5.74, 6) is -0.168. The summed E-state index contributed by atoms with van der Waals surface area (Å²) in [7, 11) is 0. The monoisotopic (exact) mass is 314 g/mol. The van der Waals surface area contributed by atoms with E-state index in [9.17, 15) is 4.39 Å². The fourth-order valence-electron chi connectivity index (χ4n) is 2.47. The molecule has 0 aliphatic heterocycles. The Morgan fingerprint density at radius 2 is 1.91 bits per heavy atom. The third kappa shape index (κ3) is 2.81. The van der Waals surface area contributed by atoms with Crippen LogP contribution in [0.2, 0.25) is 0 Å². The average molecular weight is 314 g/mol. The molecule has 3 rings (SSSR count). The van der Waals surface area contributed by atoms with E-state index < -0.39 is 5.82 Å². The summed E-state index contributed by atoms with van der Waals surface area (Å²) < 4.78 is 15.6. The first-order valence-electron chi connectivity index (χ1n) is 7.28. The first kappa shape index (κ1) is 15.2. The van der Waals surface area contributed by atoms with Crippen LogP contribution in [-0.2, 0) is 6.54 Å². The molecule has 2 heterocycles. The largest absolute Gasteiger partial charge is 0.396 e. The smallest absolute Gasteiger partial charge is 0.163 e. The van der Waals surface area contributed by atoms with Crippen LogP contribution in [0.1, 0.15) is 20.8 Å². The van der Waals surface area contributed by atoms with Gasteiger partial charge in [-0.25, -0.2) is 19.0 Å². The second-order valence-electron chi connectivity index (χ2n) is 6.76. The molecule has 1 aromatic carbocycles. The summed E-state index contributed by atoms with van der Waals surface area (Å²) in [4.78, 5) is 8.34. The lowest BCUT2D eigenvalue weighted by molar-refractivity contribution is 0.330. The maximum Gasteiger partial charge on any atom is 0.163 e. The van der Waals surface area contributed by atoms with Crippen molar-refractivity contribution in [3.63, 3.8) is 0 Å². The van der Waals surface area contributed by atoms with Crippen LogP contribution in [0.4, 0.5) is 15.9 Å². The summed E-state index contributed by atoms with van der Waals surface area (Å²) >= 11 is 0. The van der Waals surface area contributed by atoms with Gasteiger partial charge in [-0.1, -0.05) is 26.8 Å². The van der Waals surface area contributed by atoms with Crippen molar-refractivity contribution in [2.45, 2.75) is 27.3 Å². The lowest BCUT2D eigenvalue weighted by atomic mass is 9.97. The van der Waals surface area contributed by atoms with Crippen molar-refractivity contribution in [3.05, 3.63) is 30.3 Å². The fraction of sp³-hybridized carbons (Fsp3) is 0.312. The van der Waals surface area contributed by atoms with Crippen molar-refractivity contribution in [3.8, 4) is 11.3 Å². The van der Waals surface area contributed by atoms with Crippen molar-refractivity contribution >= 4 is 22.5 Å². The van der Waals surface area contributed by atoms with Crippen molar-refractivity contribution in [2.75, 3.05) is 11.5 Å². The minimum Gasteiger partial charge on any atom is -0.396 e. The molecule has 0 saturated heterocycles. The Kier molecular flexibility index (Phi) is 3.43. The van der Waals surface area contributed by atoms with Crippen LogP contribution in [0.5, 0.6) is 0 Å². The van der Waals surface area contributed by atoms with Crippen LogP contribution >= 0.6 is 0 Å². The van der Waals surface area contributed by atoms with Crippen LogP contribution in [0, 0.1) is 11.2 Å². The van der Waals surface area contributed by atoms with E-state index in [1.807, 2.05) is 0 Å². The SMILES string of the molecule is CC(C)(C)Cn1nc(-c2ccc(N)c(F)c2)c2c(N)ncnc21. The normalized spacial score (nSPS) is 12.0. The van der Waals surface area contributed by atoms with Gasteiger partial charge in [-0.3, -0.25) is 0 Å². The minimum absolute atomic E-state index is 0.00228. The highest BCUT2D eigenvalue weighted by molar-refractivity contribution is 5.98. The van der Waals surface area contributed by atoms with Gasteiger partial charge in [0.1, 0.15) is 23.7 Å². The molecule has 4 N–H and O–H groups in total. The average Bonchev–Trinajstić information content (AvgIpc) is 2.80. The molecule has 0 saturated carbocycles. The summed E-state index contributed by atoms with van der Waals surface area (Å²) in [6.45, 7) is 6.96. The van der Waals surface area contributed by atoms with Crippen molar-refractivity contribution in [1.29, 1.82) is 0 Å². The highest BCUT2D eigenvalue weighted by atomic mass is 19.1. The van der Waals surface area contributed by atoms with Gasteiger partial charge in [0.25, 0.3) is 0 Å². The zero-order valence-corrected chi connectivity index (χ0v) is 13.3. The Hall–Kier alpha value is -2.70. The molecular weight excluding hydrogens is 295 g/mol. The number of halogens is 1. The van der Waals surface area contributed by atoms with Gasteiger partial charge in [-0.15, -0.1) is 0 Å². The van der Waals surface area contributed by atoms with Gasteiger partial charge in [-0.05, 0) is 17.5 Å². The predicted octanol–water partition coefficient (Wildman–Crippen LogP) is 2.84. The maximum atomic E-state index is 13.8. The van der Waals surface area contributed by atoms with E-state index in [1.54, 1.807) is 10.7 Å². The summed E-state index contributed by atoms with van der Waals surface area (Å²) in [5.41, 5.74) is 13.4. The molecule has 0 aliphatic rings. The number of benzene rings is 1. The number of nitrogens with two attached hydrogens (primary N) is 2. The van der Waals surface area contributed by atoms with Gasteiger partial charge in [0.15, 0.2) is 5.65 Å². The second kappa shape index (κ2) is 5.19. The molecule has 0 aliphatic carbocycles. The van der Waals surface area contributed by atoms with Crippen molar-refractivity contribution in [2.24, 2.45) is 5.41 Å². The molecule has 6 nitrogen and oxygen atoms in total. The molecule has 0 spiro atoms. The number of hydrogen-bond acceptors (Lipinski definition) is 5. The molecule has 120 valence electrons. The van der Waals surface area contributed by atoms with Crippen LogP contribution < -0.4 is 11.5 Å². The summed E-state index contributed by atoms with van der Waals surface area (Å²) in [6, 6.07) is 4.58. The van der Waals surface area contributed by atoms with Gasteiger partial charge in [0, 0.05) is 12.1 Å². The number of aromatic nitrogens is 4. The third-order valence-electron chi connectivity index (χ3n) is 3.46. The first-order chi connectivity index (χ1) is 10.8. The van der Waals surface area contributed by atoms with E-state index >= 15 is 0 Å². The number of rotatable bonds is 2. The number of nitrogen functional groups attached to an aromatic ring is 2. The van der Waals surface area contributed by atoms with Crippen LogP contribution in [-0.4, -0.2) is 19.7 Å². The van der Waals surface area contributed by atoms with Gasteiger partial charge < -0.3 is 11.5 Å². The van der Waals surface area contributed by atoms with Gasteiger partial charge in [0.2, 0.25) is 0 Å². The molecule has 0 radical (unpaired) electrons. The molecule has 23 heavy (non-hydrogen) atoms. The van der Waals surface area contributed by atoms with Crippen LogP contribution in [0.3, 0.4) is 0 Å². The van der Waals surface area contributed by atoms with Crippen LogP contribution in [0.15, 0.2) is 24.5 Å². The molecule has 7 heteroatoms. The number of hydrogen-bond donors (Lipinski definition) is 2. The Balaban J connectivity index is 2.26. The summed E-state index contributed by atoms with van der Waals surface area (Å²) in [5, 5.41) is 5.23. The highest BCUT2D eigenvalue weighted by Crippen LogP contribution is 2.32. The molecule has 0 fully saturated rings. The lowest BCUT2D eigenvalue weighted by Crippen LogP contribution is -2.16. The Morgan fingerprint density at radius 3 is 2.57 bits per heavy atom. The maximum absolute atomic E-state index is 13.8. The zero-order valence-electron chi connectivity index (χ0n) is 13.3. The van der Waals surface area contributed by atoms with Crippen molar-refractivity contribution < 1.29 is 4.39 Å². The quantitative estimate of drug-likeness (QED) is 0.709. The molecule has 2 aromatic heterocycles. The predicted molar refractivity (Wildman–Crippen MR) is 89.0 cm³/mol. The fourth-order valence-corrected chi connectivity index (χ4v) is 2.47. The second-order valence-corrected chi connectivity index (χ2v) is 6.76. The highest BCUT2D eigenvalue weighted by Gasteiger charge is 2.21. The zero-order chi connectivity index (χ0) is 16.8. The van der Waals surface area contributed by atoms with E-state index in [1.165, 1.54) is 18.5 Å². The van der Waals surface area contributed by atoms with E-state index in [2.05, 4.69) is 35.8 Å².